The molecule has 1 atom stereocenters. The first-order valence-electron chi connectivity index (χ1n) is 32.4. The molecule has 2 fully saturated rings. The molecule has 5 N–H and O–H groups in total. The number of aromatic amines is 1. The number of ether oxygens (including phenoxy) is 5. The fourth-order valence-corrected chi connectivity index (χ4v) is 10.1. The van der Waals surface area contributed by atoms with Crippen LogP contribution in [0.2, 0.25) is 5.15 Å². The van der Waals surface area contributed by atoms with Gasteiger partial charge < -0.3 is 54.8 Å². The van der Waals surface area contributed by atoms with Gasteiger partial charge in [-0.3, -0.25) is 29.8 Å². The number of H-pyrrole nitrogens is 1. The van der Waals surface area contributed by atoms with Crippen molar-refractivity contribution in [1.29, 1.82) is 0 Å². The molecular formula is C78H105ClN12O14. The van der Waals surface area contributed by atoms with Crippen molar-refractivity contribution in [3.8, 4) is 22.9 Å². The minimum atomic E-state index is -0.612. The van der Waals surface area contributed by atoms with Gasteiger partial charge in [0.05, 0.1) is 34.1 Å². The Kier molecular flexibility index (Phi) is 36.0. The molecule has 3 amide bonds. The highest BCUT2D eigenvalue weighted by Crippen LogP contribution is 2.31. The van der Waals surface area contributed by atoms with E-state index in [2.05, 4.69) is 27.1 Å². The summed E-state index contributed by atoms with van der Waals surface area (Å²) in [5, 5.41) is 21.1. The molecule has 105 heavy (non-hydrogen) atoms. The zero-order chi connectivity index (χ0) is 72.7. The van der Waals surface area contributed by atoms with Crippen LogP contribution >= 0.6 is 11.6 Å². The molecular weight excluding hydrogens is 1360 g/mol. The first-order chi connectivity index (χ1) is 47.4. The second kappa shape index (κ2) is 41.9. The topological polar surface area (TPSA) is 347 Å². The van der Waals surface area contributed by atoms with E-state index < -0.39 is 32.7 Å². The smallest absolute Gasteiger partial charge is 0.410 e. The average Bonchev–Trinajstić information content (AvgIpc) is 1.59. The van der Waals surface area contributed by atoms with Crippen molar-refractivity contribution in [3.63, 3.8) is 0 Å². The maximum Gasteiger partial charge on any atom is 0.410 e. The number of nitro groups is 2. The number of nitrogens with zero attached hydrogens (tertiary/aromatic N) is 9. The number of aldehydes is 1. The number of nitrogens with two attached hydrogens (primary N) is 2. The van der Waals surface area contributed by atoms with E-state index in [1.54, 1.807) is 28.0 Å². The molecule has 0 saturated carbocycles. The van der Waals surface area contributed by atoms with Crippen LogP contribution in [0.4, 0.5) is 37.4 Å². The van der Waals surface area contributed by atoms with Gasteiger partial charge in [-0.2, -0.15) is 0 Å². The summed E-state index contributed by atoms with van der Waals surface area (Å²) in [7, 11) is 0. The Hall–Kier alpha value is -11.0. The quantitative estimate of drug-likeness (QED) is 0.0336. The molecule has 11 rings (SSSR count). The summed E-state index contributed by atoms with van der Waals surface area (Å²) in [5.74, 6) is 2.46. The maximum absolute atomic E-state index is 12.6. The Morgan fingerprint density at radius 3 is 1.56 bits per heavy atom. The number of rotatable bonds is 12. The molecule has 0 radical (unpaired) electrons. The van der Waals surface area contributed by atoms with Crippen molar-refractivity contribution in [1.82, 2.24) is 39.6 Å². The summed E-state index contributed by atoms with van der Waals surface area (Å²) in [6.07, 6.45) is 5.66. The zero-order valence-electron chi connectivity index (χ0n) is 57.6. The van der Waals surface area contributed by atoms with Gasteiger partial charge in [0.1, 0.15) is 58.8 Å². The number of ketones is 1. The number of hydrogen-bond acceptors (Lipinski definition) is 20. The minimum Gasteiger partial charge on any atom is -0.489 e. The van der Waals surface area contributed by atoms with E-state index >= 15 is 0 Å². The lowest BCUT2D eigenvalue weighted by atomic mass is 9.94. The molecule has 4 aromatic heterocycles. The van der Waals surface area contributed by atoms with Gasteiger partial charge in [-0.25, -0.2) is 34.3 Å². The van der Waals surface area contributed by atoms with Crippen LogP contribution in [0.25, 0.3) is 28.1 Å². The normalized spacial score (nSPS) is 13.8. The van der Waals surface area contributed by atoms with Gasteiger partial charge in [-0.05, 0) is 153 Å². The molecule has 26 nitrogen and oxygen atoms in total. The van der Waals surface area contributed by atoms with Gasteiger partial charge in [0.25, 0.3) is 0 Å². The highest BCUT2D eigenvalue weighted by Gasteiger charge is 2.31. The van der Waals surface area contributed by atoms with Crippen molar-refractivity contribution >= 4 is 81.7 Å². The number of benzene rings is 4. The molecule has 2 saturated heterocycles. The number of nitrogen functional groups attached to an aromatic ring is 2. The highest BCUT2D eigenvalue weighted by molar-refractivity contribution is 6.29. The second-order valence-electron chi connectivity index (χ2n) is 26.3. The summed E-state index contributed by atoms with van der Waals surface area (Å²) in [4.78, 5) is 103. The fraction of sp³-hybridized carbons (Fsp3) is 0.397. The number of hydrogen-bond donors (Lipinski definition) is 3. The van der Waals surface area contributed by atoms with E-state index in [4.69, 9.17) is 56.7 Å². The number of likely N-dealkylation sites (tertiary alicyclic amines) is 2. The van der Waals surface area contributed by atoms with Crippen molar-refractivity contribution in [2.24, 2.45) is 0 Å². The number of para-hydroxylation sites is 2. The Morgan fingerprint density at radius 2 is 1.08 bits per heavy atom. The zero-order valence-corrected chi connectivity index (χ0v) is 58.3. The van der Waals surface area contributed by atoms with E-state index in [-0.39, 0.29) is 95.7 Å². The van der Waals surface area contributed by atoms with Crippen LogP contribution in [0.5, 0.6) is 11.5 Å². The molecule has 3 aliphatic heterocycles. The molecule has 0 bridgehead atoms. The summed E-state index contributed by atoms with van der Waals surface area (Å²) >= 11 is 5.41. The number of pyridine rings is 3. The SMILES string of the molecule is C.C.C.C.C.CC(C)(C)OC(=O)N1CCC=C(c2ccc([N+](=O)[O-])c(N)n2)C1.CC(C)(C)OC(=O)N1CCCC(=O)C1.CC(C)(C)OC(=O)N1CCCC(c2ccc3[nH]c(-c4ccc(COc5ccccc5)cc4)nc3n2)C1.Nc1nc(Cl)ccc1[N+](=O)[O-].O=Cc1ccc(COc2ccccc2)cc1. The first-order valence-corrected chi connectivity index (χ1v) is 32.7. The number of Topliss-reactive ketones (excluding diaryl/α,β-unsaturated/α-hetero) is 1. The Balaban J connectivity index is 0.000000471. The Morgan fingerprint density at radius 1 is 0.590 bits per heavy atom. The third-order valence-electron chi connectivity index (χ3n) is 14.7. The Labute approximate surface area is 622 Å². The summed E-state index contributed by atoms with van der Waals surface area (Å²) < 4.78 is 27.5. The second-order valence-corrected chi connectivity index (χ2v) is 26.7. The molecule has 27 heteroatoms. The third-order valence-corrected chi connectivity index (χ3v) is 14.9. The number of anilines is 2. The standard InChI is InChI=1S/C29H32N4O3.C15H20N4O4.C14H12O2.C10H17NO3.C5H4ClN3O2.5CH4/c1-29(2,3)36-28(34)33-17-7-8-22(18-33)24-15-16-25-27(30-24)32-26(31-25)21-13-11-20(12-14-21)19-35-23-9-5-4-6-10-23;1-15(2,3)23-14(20)18-8-4-5-10(9-18)11-6-7-12(19(21)22)13(16)17-11;15-10-12-6-8-13(9-7-12)11-16-14-4-2-1-3-5-14;1-10(2,3)14-9(13)11-6-4-5-8(12)7-11;6-4-2-1-3(9(10)11)5(7)8-4;;;;;/h4-6,9-16,22H,7-8,17-19H2,1-3H3,(H,30,31,32);5-7H,4,8-9H2,1-3H3,(H2,16,17);1-10H,11H2;4-7H2,1-3H3;1-2H,(H2,7,8);5*1H4. The monoisotopic (exact) mass is 1470 g/mol. The third kappa shape index (κ3) is 29.7. The molecule has 0 spiro atoms. The molecule has 4 aromatic carbocycles. The van der Waals surface area contributed by atoms with Gasteiger partial charge in [-0.1, -0.05) is 140 Å². The highest BCUT2D eigenvalue weighted by atomic mass is 35.5. The minimum absolute atomic E-state index is 0. The van der Waals surface area contributed by atoms with Gasteiger partial charge in [0, 0.05) is 67.5 Å². The maximum atomic E-state index is 12.6. The molecule has 8 aromatic rings. The molecule has 3 aliphatic rings. The molecule has 568 valence electrons. The number of nitrogens with one attached hydrogen (secondary N) is 1. The van der Waals surface area contributed by atoms with E-state index in [0.29, 0.717) is 75.7 Å². The predicted octanol–water partition coefficient (Wildman–Crippen LogP) is 18.0. The summed E-state index contributed by atoms with van der Waals surface area (Å²) in [6, 6.07) is 44.5. The largest absolute Gasteiger partial charge is 0.489 e. The van der Waals surface area contributed by atoms with Crippen molar-refractivity contribution in [2.45, 2.75) is 167 Å². The van der Waals surface area contributed by atoms with Crippen molar-refractivity contribution in [2.75, 3.05) is 50.7 Å². The number of aromatic nitrogens is 5. The van der Waals surface area contributed by atoms with Crippen LogP contribution < -0.4 is 20.9 Å². The van der Waals surface area contributed by atoms with Crippen molar-refractivity contribution < 1.29 is 57.5 Å². The molecule has 0 aliphatic carbocycles. The summed E-state index contributed by atoms with van der Waals surface area (Å²) in [6.45, 7) is 20.6. The number of piperidine rings is 2. The van der Waals surface area contributed by atoms with E-state index in [9.17, 15) is 44.2 Å². The van der Waals surface area contributed by atoms with Crippen LogP contribution in [-0.4, -0.2) is 136 Å². The summed E-state index contributed by atoms with van der Waals surface area (Å²) in [5.41, 5.74) is 16.5. The molecule has 1 unspecified atom stereocenters. The lowest BCUT2D eigenvalue weighted by Crippen LogP contribution is -2.43. The van der Waals surface area contributed by atoms with Crippen molar-refractivity contribution in [3.05, 3.63) is 205 Å². The first kappa shape index (κ1) is 90.1. The number of carbonyl (C=O) groups is 5. The fourth-order valence-electron chi connectivity index (χ4n) is 9.93. The van der Waals surface area contributed by atoms with Crippen LogP contribution in [0.1, 0.15) is 170 Å². The lowest BCUT2D eigenvalue weighted by Gasteiger charge is -2.33. The van der Waals surface area contributed by atoms with Gasteiger partial charge in [-0.15, -0.1) is 0 Å². The number of halogens is 1. The average molecular weight is 1470 g/mol. The van der Waals surface area contributed by atoms with Gasteiger partial charge in [0.15, 0.2) is 11.4 Å². The van der Waals surface area contributed by atoms with E-state index in [0.717, 1.165) is 76.3 Å². The predicted molar refractivity (Wildman–Crippen MR) is 414 cm³/mol. The van der Waals surface area contributed by atoms with Gasteiger partial charge >= 0.3 is 29.7 Å². The Bertz CT molecular complexity index is 4120. The number of imidazole rings is 1. The van der Waals surface area contributed by atoms with Crippen LogP contribution in [0.3, 0.4) is 0 Å². The number of amides is 3. The van der Waals surface area contributed by atoms with Crippen LogP contribution in [0, 0.1) is 20.2 Å². The number of fused-ring (bicyclic) bond motifs is 1. The van der Waals surface area contributed by atoms with Crippen LogP contribution in [0.15, 0.2) is 152 Å². The lowest BCUT2D eigenvalue weighted by molar-refractivity contribution is -0.384. The van der Waals surface area contributed by atoms with Gasteiger partial charge in [0.2, 0.25) is 11.6 Å². The number of carbonyl (C=O) groups excluding carboxylic acids is 5. The molecule has 7 heterocycles. The van der Waals surface area contributed by atoms with Crippen LogP contribution in [-0.2, 0) is 32.2 Å². The van der Waals surface area contributed by atoms with E-state index in [1.165, 1.54) is 23.1 Å². The van der Waals surface area contributed by atoms with E-state index in [1.807, 2.05) is 165 Å².